The number of hydrogen-bond acceptors (Lipinski definition) is 5. The number of hydrogen-bond donors (Lipinski definition) is 3. The Labute approximate surface area is 88.6 Å². The molecule has 1 aliphatic carbocycles. The first kappa shape index (κ1) is 11.3. The van der Waals surface area contributed by atoms with Crippen LogP contribution in [-0.2, 0) is 9.47 Å². The van der Waals surface area contributed by atoms with Gasteiger partial charge in [0.15, 0.2) is 6.29 Å². The maximum atomic E-state index is 9.82. The Kier molecular flexibility index (Phi) is 3.00. The van der Waals surface area contributed by atoms with Crippen molar-refractivity contribution >= 4 is 0 Å². The summed E-state index contributed by atoms with van der Waals surface area (Å²) >= 11 is 0. The molecule has 4 atom stereocenters. The fraction of sp³-hybridized carbons (Fsp3) is 1.00. The molecular formula is C10H18O5. The third kappa shape index (κ3) is 1.68. The molecule has 1 saturated heterocycles. The van der Waals surface area contributed by atoms with Gasteiger partial charge in [0.25, 0.3) is 0 Å². The topological polar surface area (TPSA) is 79.2 Å². The van der Waals surface area contributed by atoms with Gasteiger partial charge in [-0.05, 0) is 12.8 Å². The van der Waals surface area contributed by atoms with E-state index in [1.54, 1.807) is 0 Å². The minimum absolute atomic E-state index is 0.557. The van der Waals surface area contributed by atoms with E-state index in [4.69, 9.17) is 9.47 Å². The van der Waals surface area contributed by atoms with Crippen molar-refractivity contribution in [3.05, 3.63) is 0 Å². The molecule has 0 amide bonds. The zero-order valence-electron chi connectivity index (χ0n) is 8.80. The summed E-state index contributed by atoms with van der Waals surface area (Å²) in [5.41, 5.74) is -0.618. The first-order valence-corrected chi connectivity index (χ1v) is 5.35. The monoisotopic (exact) mass is 218 g/mol. The van der Waals surface area contributed by atoms with Crippen LogP contribution in [-0.4, -0.2) is 52.6 Å². The summed E-state index contributed by atoms with van der Waals surface area (Å²) in [6, 6.07) is 0. The zero-order chi connectivity index (χ0) is 11.1. The van der Waals surface area contributed by atoms with Gasteiger partial charge < -0.3 is 24.8 Å². The van der Waals surface area contributed by atoms with Crippen LogP contribution in [0, 0.1) is 0 Å². The van der Waals surface area contributed by atoms with E-state index in [-0.39, 0.29) is 0 Å². The summed E-state index contributed by atoms with van der Waals surface area (Å²) < 4.78 is 10.7. The molecular weight excluding hydrogens is 200 g/mol. The summed E-state index contributed by atoms with van der Waals surface area (Å²) in [4.78, 5) is 0. The number of aliphatic hydroxyl groups is 3. The van der Waals surface area contributed by atoms with E-state index in [0.29, 0.717) is 0 Å². The van der Waals surface area contributed by atoms with E-state index in [9.17, 15) is 15.3 Å². The van der Waals surface area contributed by atoms with Crippen molar-refractivity contribution < 1.29 is 24.8 Å². The maximum Gasteiger partial charge on any atom is 0.184 e. The molecule has 0 aromatic carbocycles. The highest BCUT2D eigenvalue weighted by Crippen LogP contribution is 2.42. The van der Waals surface area contributed by atoms with E-state index in [2.05, 4.69) is 0 Å². The quantitative estimate of drug-likeness (QED) is 0.547. The molecule has 15 heavy (non-hydrogen) atoms. The van der Waals surface area contributed by atoms with E-state index >= 15 is 0 Å². The Morgan fingerprint density at radius 3 is 2.27 bits per heavy atom. The molecule has 2 fully saturated rings. The van der Waals surface area contributed by atoms with Gasteiger partial charge in [-0.1, -0.05) is 12.8 Å². The molecule has 0 aromatic rings. The summed E-state index contributed by atoms with van der Waals surface area (Å²) in [5, 5.41) is 28.8. The molecule has 5 nitrogen and oxygen atoms in total. The predicted octanol–water partition coefficient (Wildman–Crippen LogP) is -0.615. The Morgan fingerprint density at radius 1 is 1.13 bits per heavy atom. The van der Waals surface area contributed by atoms with Gasteiger partial charge in [-0.15, -0.1) is 0 Å². The number of rotatable bonds is 1. The van der Waals surface area contributed by atoms with Gasteiger partial charge in [-0.3, -0.25) is 0 Å². The number of ether oxygens (including phenoxy) is 2. The van der Waals surface area contributed by atoms with Crippen LogP contribution in [0.4, 0.5) is 0 Å². The summed E-state index contributed by atoms with van der Waals surface area (Å²) in [7, 11) is 1.49. The van der Waals surface area contributed by atoms with Gasteiger partial charge in [0.1, 0.15) is 23.9 Å². The van der Waals surface area contributed by atoms with Crippen LogP contribution in [0.3, 0.4) is 0 Å². The highest BCUT2D eigenvalue weighted by molar-refractivity contribution is 5.02. The van der Waals surface area contributed by atoms with Crippen LogP contribution >= 0.6 is 0 Å². The van der Waals surface area contributed by atoms with E-state index in [1.165, 1.54) is 7.11 Å². The second-order valence-corrected chi connectivity index (χ2v) is 4.42. The molecule has 1 spiro atoms. The van der Waals surface area contributed by atoms with Crippen molar-refractivity contribution in [2.24, 2.45) is 0 Å². The lowest BCUT2D eigenvalue weighted by Gasteiger charge is -2.47. The minimum Gasteiger partial charge on any atom is -0.387 e. The molecule has 88 valence electrons. The molecule has 5 heteroatoms. The lowest BCUT2D eigenvalue weighted by molar-refractivity contribution is -0.322. The smallest absolute Gasteiger partial charge is 0.184 e. The second kappa shape index (κ2) is 3.99. The van der Waals surface area contributed by atoms with Crippen molar-refractivity contribution in [3.8, 4) is 0 Å². The van der Waals surface area contributed by atoms with E-state index in [0.717, 1.165) is 25.7 Å². The third-order valence-corrected chi connectivity index (χ3v) is 3.53. The van der Waals surface area contributed by atoms with Crippen LogP contribution in [0.25, 0.3) is 0 Å². The maximum absolute atomic E-state index is 9.82. The molecule has 0 bridgehead atoms. The van der Waals surface area contributed by atoms with Gasteiger partial charge in [0.05, 0.1) is 0 Å². The standard InChI is InChI=1S/C10H18O5/c1-14-8-6(11)7(12)9(13)15-10(8)4-2-3-5-10/h6-9,11-13H,2-5H2,1H3/t6-,7+,8+,9?/m0/s1. The van der Waals surface area contributed by atoms with Crippen LogP contribution in [0.5, 0.6) is 0 Å². The Balaban J connectivity index is 2.22. The fourth-order valence-corrected chi connectivity index (χ4v) is 2.77. The van der Waals surface area contributed by atoms with Crippen molar-refractivity contribution in [1.29, 1.82) is 0 Å². The fourth-order valence-electron chi connectivity index (χ4n) is 2.77. The molecule has 1 saturated carbocycles. The molecule has 1 unspecified atom stereocenters. The molecule has 1 heterocycles. The van der Waals surface area contributed by atoms with Gasteiger partial charge >= 0.3 is 0 Å². The highest BCUT2D eigenvalue weighted by atomic mass is 16.7. The lowest BCUT2D eigenvalue weighted by atomic mass is 9.85. The van der Waals surface area contributed by atoms with Gasteiger partial charge in [0, 0.05) is 7.11 Å². The first-order valence-electron chi connectivity index (χ1n) is 5.35. The van der Waals surface area contributed by atoms with Crippen molar-refractivity contribution in [2.75, 3.05) is 7.11 Å². The Bertz CT molecular complexity index is 226. The van der Waals surface area contributed by atoms with Crippen LogP contribution in [0.2, 0.25) is 0 Å². The molecule has 2 rings (SSSR count). The largest absolute Gasteiger partial charge is 0.387 e. The average Bonchev–Trinajstić information content (AvgIpc) is 2.65. The lowest BCUT2D eigenvalue weighted by Crippen LogP contribution is -2.63. The number of aliphatic hydroxyl groups excluding tert-OH is 3. The predicted molar refractivity (Wildman–Crippen MR) is 51.1 cm³/mol. The third-order valence-electron chi connectivity index (χ3n) is 3.53. The Hall–Kier alpha value is -0.200. The minimum atomic E-state index is -1.32. The average molecular weight is 218 g/mol. The van der Waals surface area contributed by atoms with Crippen molar-refractivity contribution in [1.82, 2.24) is 0 Å². The normalized spacial score (nSPS) is 44.8. The van der Waals surface area contributed by atoms with E-state index in [1.807, 2.05) is 0 Å². The number of methoxy groups -OCH3 is 1. The van der Waals surface area contributed by atoms with Crippen LogP contribution in [0.15, 0.2) is 0 Å². The molecule has 0 aromatic heterocycles. The van der Waals surface area contributed by atoms with Crippen molar-refractivity contribution in [2.45, 2.75) is 55.9 Å². The summed E-state index contributed by atoms with van der Waals surface area (Å²) in [5.74, 6) is 0. The molecule has 2 aliphatic rings. The van der Waals surface area contributed by atoms with Crippen LogP contribution in [0.1, 0.15) is 25.7 Å². The molecule has 0 radical (unpaired) electrons. The summed E-state index contributed by atoms with van der Waals surface area (Å²) in [6.45, 7) is 0. The first-order chi connectivity index (χ1) is 7.10. The van der Waals surface area contributed by atoms with Crippen molar-refractivity contribution in [3.63, 3.8) is 0 Å². The van der Waals surface area contributed by atoms with Gasteiger partial charge in [-0.2, -0.15) is 0 Å². The van der Waals surface area contributed by atoms with Gasteiger partial charge in [-0.25, -0.2) is 0 Å². The summed E-state index contributed by atoms with van der Waals surface area (Å²) in [6.07, 6.45) is -0.746. The van der Waals surface area contributed by atoms with Crippen LogP contribution < -0.4 is 0 Å². The van der Waals surface area contributed by atoms with Gasteiger partial charge in [0.2, 0.25) is 0 Å². The van der Waals surface area contributed by atoms with E-state index < -0.39 is 30.2 Å². The zero-order valence-corrected chi connectivity index (χ0v) is 8.80. The Morgan fingerprint density at radius 2 is 1.73 bits per heavy atom. The SMILES string of the molecule is CO[C@@H]1[C@@H](O)[C@@H](O)C(O)OC12CCCC2. The second-order valence-electron chi connectivity index (χ2n) is 4.42. The highest BCUT2D eigenvalue weighted by Gasteiger charge is 2.54. The molecule has 3 N–H and O–H groups in total. The molecule has 1 aliphatic heterocycles.